The lowest BCUT2D eigenvalue weighted by Gasteiger charge is -2.24. The second kappa shape index (κ2) is 5.41. The van der Waals surface area contributed by atoms with Gasteiger partial charge >= 0.3 is 0 Å². The first kappa shape index (κ1) is 14.8. The van der Waals surface area contributed by atoms with Crippen LogP contribution in [0, 0.1) is 11.8 Å². The first-order chi connectivity index (χ1) is 8.34. The molecule has 0 unspecified atom stereocenters. The van der Waals surface area contributed by atoms with Crippen LogP contribution in [0.1, 0.15) is 12.8 Å². The molecule has 2 aliphatic rings. The molecule has 0 aromatic carbocycles. The summed E-state index contributed by atoms with van der Waals surface area (Å²) >= 11 is 23.7. The van der Waals surface area contributed by atoms with Crippen molar-refractivity contribution < 1.29 is 9.59 Å². The SMILES string of the molecule is O=C1[C@@H]2CC=CC[C@H]2C(=O)N1SC(Cl)(Cl)C(Cl)Cl. The summed E-state index contributed by atoms with van der Waals surface area (Å²) in [4.78, 5) is 23.1. The van der Waals surface area contributed by atoms with Gasteiger partial charge in [0.1, 0.15) is 0 Å². The highest BCUT2D eigenvalue weighted by Gasteiger charge is 2.51. The lowest BCUT2D eigenvalue weighted by Crippen LogP contribution is -2.31. The lowest BCUT2D eigenvalue weighted by atomic mass is 9.85. The zero-order valence-electron chi connectivity index (χ0n) is 8.98. The topological polar surface area (TPSA) is 37.4 Å². The van der Waals surface area contributed by atoms with Crippen LogP contribution in [0.3, 0.4) is 0 Å². The molecule has 0 spiro atoms. The maximum absolute atomic E-state index is 12.1. The minimum atomic E-state index is -1.63. The van der Waals surface area contributed by atoms with Crippen LogP contribution in [0.2, 0.25) is 0 Å². The molecule has 0 N–H and O–H groups in total. The van der Waals surface area contributed by atoms with Crippen molar-refractivity contribution in [1.82, 2.24) is 4.31 Å². The molecule has 0 bridgehead atoms. The Balaban J connectivity index is 2.16. The van der Waals surface area contributed by atoms with E-state index in [0.29, 0.717) is 24.8 Å². The number of carbonyl (C=O) groups excluding carboxylic acids is 2. The summed E-state index contributed by atoms with van der Waals surface area (Å²) in [7, 11) is 0. The zero-order chi connectivity index (χ0) is 13.5. The Hall–Kier alpha value is 0.390. The van der Waals surface area contributed by atoms with Crippen LogP contribution in [0.5, 0.6) is 0 Å². The Labute approximate surface area is 129 Å². The van der Waals surface area contributed by atoms with Crippen molar-refractivity contribution in [2.24, 2.45) is 11.8 Å². The third-order valence-electron chi connectivity index (χ3n) is 2.93. The van der Waals surface area contributed by atoms with Gasteiger partial charge in [0, 0.05) is 11.9 Å². The van der Waals surface area contributed by atoms with E-state index >= 15 is 0 Å². The maximum atomic E-state index is 12.1. The molecule has 1 aliphatic heterocycles. The van der Waals surface area contributed by atoms with Gasteiger partial charge in [0.05, 0.1) is 11.8 Å². The Morgan fingerprint density at radius 1 is 1.17 bits per heavy atom. The van der Waals surface area contributed by atoms with Crippen LogP contribution in [0.25, 0.3) is 0 Å². The van der Waals surface area contributed by atoms with Gasteiger partial charge in [-0.1, -0.05) is 35.4 Å². The molecule has 3 nitrogen and oxygen atoms in total. The van der Waals surface area contributed by atoms with Crippen molar-refractivity contribution in [1.29, 1.82) is 0 Å². The van der Waals surface area contributed by atoms with Gasteiger partial charge in [-0.2, -0.15) is 0 Å². The number of fused-ring (bicyclic) bond motifs is 1. The summed E-state index contributed by atoms with van der Waals surface area (Å²) in [5, 5.41) is 0. The van der Waals surface area contributed by atoms with Gasteiger partial charge in [-0.3, -0.25) is 9.59 Å². The van der Waals surface area contributed by atoms with E-state index in [0.717, 1.165) is 4.31 Å². The van der Waals surface area contributed by atoms with E-state index in [1.165, 1.54) is 0 Å². The number of amides is 2. The molecule has 8 heteroatoms. The molecule has 2 amide bonds. The third kappa shape index (κ3) is 2.63. The Bertz CT molecular complexity index is 387. The minimum Gasteiger partial charge on any atom is -0.273 e. The van der Waals surface area contributed by atoms with Crippen molar-refractivity contribution >= 4 is 70.2 Å². The first-order valence-electron chi connectivity index (χ1n) is 5.22. The zero-order valence-corrected chi connectivity index (χ0v) is 12.8. The number of halogens is 4. The third-order valence-corrected chi connectivity index (χ3v) is 6.17. The fraction of sp³-hybridized carbons (Fsp3) is 0.600. The van der Waals surface area contributed by atoms with Crippen LogP contribution < -0.4 is 0 Å². The number of allylic oxidation sites excluding steroid dienone is 2. The molecule has 1 fully saturated rings. The van der Waals surface area contributed by atoms with E-state index in [1.807, 2.05) is 12.2 Å². The van der Waals surface area contributed by atoms with Crippen molar-refractivity contribution in [3.8, 4) is 0 Å². The van der Waals surface area contributed by atoms with E-state index in [-0.39, 0.29) is 23.7 Å². The summed E-state index contributed by atoms with van der Waals surface area (Å²) in [5.41, 5.74) is 0. The lowest BCUT2D eigenvalue weighted by molar-refractivity contribution is -0.133. The van der Waals surface area contributed by atoms with E-state index in [9.17, 15) is 9.59 Å². The average molecular weight is 349 g/mol. The molecule has 0 radical (unpaired) electrons. The molecule has 1 aliphatic carbocycles. The molecule has 0 aromatic rings. The van der Waals surface area contributed by atoms with Gasteiger partial charge in [0.2, 0.25) is 15.5 Å². The summed E-state index contributed by atoms with van der Waals surface area (Å²) in [6.45, 7) is 0. The number of nitrogens with zero attached hydrogens (tertiary/aromatic N) is 1. The van der Waals surface area contributed by atoms with Crippen molar-refractivity contribution in [2.45, 2.75) is 21.3 Å². The predicted octanol–water partition coefficient (Wildman–Crippen LogP) is 3.52. The fourth-order valence-electron chi connectivity index (χ4n) is 2.02. The van der Waals surface area contributed by atoms with Gasteiger partial charge in [-0.25, -0.2) is 4.31 Å². The normalized spacial score (nSPS) is 28.2. The fourth-order valence-corrected chi connectivity index (χ4v) is 3.45. The van der Waals surface area contributed by atoms with E-state index in [2.05, 4.69) is 0 Å². The molecular formula is C10H9Cl4NO2S. The number of alkyl halides is 4. The van der Waals surface area contributed by atoms with Crippen LogP contribution in [0.15, 0.2) is 12.2 Å². The van der Waals surface area contributed by atoms with Gasteiger partial charge in [0.15, 0.2) is 4.84 Å². The maximum Gasteiger partial charge on any atom is 0.243 e. The number of rotatable bonds is 3. The molecule has 2 rings (SSSR count). The molecule has 0 saturated carbocycles. The largest absolute Gasteiger partial charge is 0.273 e. The predicted molar refractivity (Wildman–Crippen MR) is 74.7 cm³/mol. The van der Waals surface area contributed by atoms with Crippen LogP contribution >= 0.6 is 58.4 Å². The monoisotopic (exact) mass is 347 g/mol. The second-order valence-electron chi connectivity index (χ2n) is 4.08. The van der Waals surface area contributed by atoms with Crippen LogP contribution in [-0.2, 0) is 9.59 Å². The minimum absolute atomic E-state index is 0.279. The highest BCUT2D eigenvalue weighted by molar-refractivity contribution is 8.02. The summed E-state index contributed by atoms with van der Waals surface area (Å²) in [6, 6.07) is 0. The van der Waals surface area contributed by atoms with Crippen molar-refractivity contribution in [2.75, 3.05) is 0 Å². The highest BCUT2D eigenvalue weighted by atomic mass is 35.5. The van der Waals surface area contributed by atoms with Crippen LogP contribution in [-0.4, -0.2) is 24.6 Å². The van der Waals surface area contributed by atoms with E-state index in [4.69, 9.17) is 46.4 Å². The highest BCUT2D eigenvalue weighted by Crippen LogP contribution is 2.48. The van der Waals surface area contributed by atoms with Gasteiger partial charge in [0.25, 0.3) is 0 Å². The standard InChI is InChI=1S/C10H9Cl4NO2S/c11-9(12)10(13,14)18-15-7(16)5-3-1-2-4-6(5)8(15)17/h1-2,5-6,9H,3-4H2/t5-,6-/m1/s1. The summed E-state index contributed by atoms with van der Waals surface area (Å²) in [5.74, 6) is -1.19. The number of carbonyl (C=O) groups is 2. The average Bonchev–Trinajstić information content (AvgIpc) is 2.55. The van der Waals surface area contributed by atoms with Gasteiger partial charge in [-0.15, -0.1) is 23.2 Å². The quantitative estimate of drug-likeness (QED) is 0.339. The smallest absolute Gasteiger partial charge is 0.243 e. The van der Waals surface area contributed by atoms with E-state index < -0.39 is 8.50 Å². The molecule has 18 heavy (non-hydrogen) atoms. The van der Waals surface area contributed by atoms with Crippen molar-refractivity contribution in [3.05, 3.63) is 12.2 Å². The van der Waals surface area contributed by atoms with Crippen molar-refractivity contribution in [3.63, 3.8) is 0 Å². The second-order valence-corrected chi connectivity index (χ2v) is 8.20. The Morgan fingerprint density at radius 3 is 2.00 bits per heavy atom. The molecule has 2 atom stereocenters. The number of hydrogen-bond acceptors (Lipinski definition) is 3. The molecule has 1 heterocycles. The van der Waals surface area contributed by atoms with Crippen LogP contribution in [0.4, 0.5) is 0 Å². The molecule has 1 saturated heterocycles. The van der Waals surface area contributed by atoms with Gasteiger partial charge in [-0.05, 0) is 12.8 Å². The summed E-state index contributed by atoms with van der Waals surface area (Å²) < 4.78 is -0.630. The van der Waals surface area contributed by atoms with Gasteiger partial charge < -0.3 is 0 Å². The number of hydrogen-bond donors (Lipinski definition) is 0. The number of imide groups is 1. The Kier molecular flexibility index (Phi) is 4.44. The summed E-state index contributed by atoms with van der Waals surface area (Å²) in [6.07, 6.45) is 4.94. The molecule has 100 valence electrons. The molecule has 0 aromatic heterocycles. The molecular weight excluding hydrogens is 340 g/mol. The Morgan fingerprint density at radius 2 is 1.61 bits per heavy atom. The van der Waals surface area contributed by atoms with E-state index in [1.54, 1.807) is 0 Å². The first-order valence-corrected chi connectivity index (χ1v) is 7.62.